The summed E-state index contributed by atoms with van der Waals surface area (Å²) in [6.45, 7) is 8.01. The minimum absolute atomic E-state index is 0.0771. The molecule has 0 radical (unpaired) electrons. The van der Waals surface area contributed by atoms with Crippen LogP contribution in [0, 0.1) is 39.0 Å². The first-order valence-corrected chi connectivity index (χ1v) is 9.16. The van der Waals surface area contributed by atoms with Gasteiger partial charge in [-0.05, 0) is 68.7 Å². The number of nitrogens with zero attached hydrogens (tertiary/aromatic N) is 2. The number of para-hydroxylation sites is 2. The van der Waals surface area contributed by atoms with Gasteiger partial charge in [-0.25, -0.2) is 0 Å². The number of hydrogen-bond donors (Lipinski definition) is 1. The smallest absolute Gasteiger partial charge is 0.266 e. The predicted molar refractivity (Wildman–Crippen MR) is 113 cm³/mol. The van der Waals surface area contributed by atoms with Crippen molar-refractivity contribution in [3.63, 3.8) is 0 Å². The van der Waals surface area contributed by atoms with Crippen molar-refractivity contribution in [1.29, 1.82) is 5.26 Å². The van der Waals surface area contributed by atoms with Crippen LogP contribution >= 0.6 is 0 Å². The van der Waals surface area contributed by atoms with Crippen LogP contribution in [0.15, 0.2) is 60.2 Å². The van der Waals surface area contributed by atoms with Gasteiger partial charge in [0.1, 0.15) is 11.6 Å². The lowest BCUT2D eigenvalue weighted by molar-refractivity contribution is -0.112. The topological polar surface area (TPSA) is 57.8 Å². The van der Waals surface area contributed by atoms with E-state index in [1.807, 2.05) is 69.3 Å². The number of benzene rings is 2. The highest BCUT2D eigenvalue weighted by atomic mass is 16.1. The largest absolute Gasteiger partial charge is 0.321 e. The molecule has 0 fully saturated rings. The van der Waals surface area contributed by atoms with Crippen LogP contribution in [-0.2, 0) is 4.79 Å². The van der Waals surface area contributed by atoms with Crippen molar-refractivity contribution >= 4 is 17.7 Å². The summed E-state index contributed by atoms with van der Waals surface area (Å²) < 4.78 is 2.15. The molecule has 2 aromatic carbocycles. The molecule has 3 rings (SSSR count). The average molecular weight is 369 g/mol. The Morgan fingerprint density at radius 1 is 1.00 bits per heavy atom. The van der Waals surface area contributed by atoms with Crippen LogP contribution in [0.4, 0.5) is 5.69 Å². The van der Waals surface area contributed by atoms with Gasteiger partial charge >= 0.3 is 0 Å². The molecule has 0 saturated carbocycles. The summed E-state index contributed by atoms with van der Waals surface area (Å²) in [5.74, 6) is -0.405. The molecule has 0 bridgehead atoms. The van der Waals surface area contributed by atoms with Gasteiger partial charge in [0.2, 0.25) is 0 Å². The molecule has 4 nitrogen and oxygen atoms in total. The first kappa shape index (κ1) is 19.2. The summed E-state index contributed by atoms with van der Waals surface area (Å²) in [4.78, 5) is 12.6. The molecule has 0 aliphatic carbocycles. The zero-order valence-corrected chi connectivity index (χ0v) is 16.6. The summed E-state index contributed by atoms with van der Waals surface area (Å²) in [5, 5.41) is 12.4. The number of hydrogen-bond acceptors (Lipinski definition) is 2. The van der Waals surface area contributed by atoms with Crippen LogP contribution < -0.4 is 5.32 Å². The van der Waals surface area contributed by atoms with E-state index in [1.54, 1.807) is 6.08 Å². The van der Waals surface area contributed by atoms with Crippen LogP contribution in [0.25, 0.3) is 11.8 Å². The summed E-state index contributed by atoms with van der Waals surface area (Å²) in [6.07, 6.45) is 1.66. The van der Waals surface area contributed by atoms with Crippen molar-refractivity contribution in [2.45, 2.75) is 27.7 Å². The Labute approximate surface area is 165 Å². The van der Waals surface area contributed by atoms with Crippen molar-refractivity contribution in [2.24, 2.45) is 0 Å². The van der Waals surface area contributed by atoms with E-state index >= 15 is 0 Å². The Balaban J connectivity index is 1.97. The summed E-state index contributed by atoms with van der Waals surface area (Å²) in [6, 6.07) is 19.7. The molecule has 0 aliphatic rings. The lowest BCUT2D eigenvalue weighted by Crippen LogP contribution is -2.14. The van der Waals surface area contributed by atoms with E-state index in [4.69, 9.17) is 0 Å². The van der Waals surface area contributed by atoms with Gasteiger partial charge in [0, 0.05) is 22.8 Å². The molecule has 1 aromatic heterocycles. The van der Waals surface area contributed by atoms with Gasteiger partial charge < -0.3 is 9.88 Å². The van der Waals surface area contributed by atoms with Gasteiger partial charge in [-0.15, -0.1) is 0 Å². The average Bonchev–Trinajstić information content (AvgIpc) is 2.95. The second-order valence-corrected chi connectivity index (χ2v) is 6.89. The normalized spacial score (nSPS) is 11.2. The molecular weight excluding hydrogens is 346 g/mol. The zero-order chi connectivity index (χ0) is 20.3. The second-order valence-electron chi connectivity index (χ2n) is 6.89. The SMILES string of the molecule is Cc1ccccc1NC(=O)/C(C#N)=C\c1cc(C)n(-c2ccccc2C)c1C. The lowest BCUT2D eigenvalue weighted by atomic mass is 10.1. The monoisotopic (exact) mass is 369 g/mol. The summed E-state index contributed by atoms with van der Waals surface area (Å²) in [5.41, 5.74) is 6.89. The number of nitriles is 1. The van der Waals surface area contributed by atoms with Gasteiger partial charge in [0.25, 0.3) is 5.91 Å². The van der Waals surface area contributed by atoms with E-state index in [-0.39, 0.29) is 5.57 Å². The Bertz CT molecular complexity index is 1110. The highest BCUT2D eigenvalue weighted by Gasteiger charge is 2.15. The third-order valence-corrected chi connectivity index (χ3v) is 4.88. The standard InChI is InChI=1S/C24H23N3O/c1-16-9-5-7-11-22(16)26-24(28)21(15-25)14-20-13-18(3)27(19(20)4)23-12-8-6-10-17(23)2/h5-14H,1-4H3,(H,26,28)/b21-14-. The predicted octanol–water partition coefficient (Wildman–Crippen LogP) is 5.26. The molecule has 0 unspecified atom stereocenters. The van der Waals surface area contributed by atoms with Crippen LogP contribution in [-0.4, -0.2) is 10.5 Å². The molecule has 1 N–H and O–H groups in total. The lowest BCUT2D eigenvalue weighted by Gasteiger charge is -2.12. The van der Waals surface area contributed by atoms with Gasteiger partial charge in [0.15, 0.2) is 0 Å². The van der Waals surface area contributed by atoms with E-state index in [9.17, 15) is 10.1 Å². The minimum Gasteiger partial charge on any atom is -0.321 e. The van der Waals surface area contributed by atoms with Crippen molar-refractivity contribution in [1.82, 2.24) is 4.57 Å². The quantitative estimate of drug-likeness (QED) is 0.504. The highest BCUT2D eigenvalue weighted by Crippen LogP contribution is 2.25. The molecule has 140 valence electrons. The number of rotatable bonds is 4. The van der Waals surface area contributed by atoms with Crippen LogP contribution in [0.2, 0.25) is 0 Å². The zero-order valence-electron chi connectivity index (χ0n) is 16.6. The third kappa shape index (κ3) is 3.74. The van der Waals surface area contributed by atoms with Gasteiger partial charge in [0.05, 0.1) is 0 Å². The van der Waals surface area contributed by atoms with Gasteiger partial charge in [-0.3, -0.25) is 4.79 Å². The fourth-order valence-electron chi connectivity index (χ4n) is 3.33. The number of amides is 1. The highest BCUT2D eigenvalue weighted by molar-refractivity contribution is 6.10. The molecule has 0 aliphatic heterocycles. The number of anilines is 1. The Hall–Kier alpha value is -3.58. The van der Waals surface area contributed by atoms with E-state index in [0.717, 1.165) is 33.8 Å². The maximum absolute atomic E-state index is 12.6. The van der Waals surface area contributed by atoms with Gasteiger partial charge in [-0.2, -0.15) is 5.26 Å². The van der Waals surface area contributed by atoms with Gasteiger partial charge in [-0.1, -0.05) is 36.4 Å². The fraction of sp³-hybridized carbons (Fsp3) is 0.167. The Morgan fingerprint density at radius 3 is 2.29 bits per heavy atom. The fourth-order valence-corrected chi connectivity index (χ4v) is 3.33. The molecule has 0 atom stereocenters. The summed E-state index contributed by atoms with van der Waals surface area (Å²) in [7, 11) is 0. The molecule has 0 saturated heterocycles. The maximum atomic E-state index is 12.6. The first-order valence-electron chi connectivity index (χ1n) is 9.16. The first-order chi connectivity index (χ1) is 13.4. The Morgan fingerprint density at radius 2 is 1.64 bits per heavy atom. The number of aromatic nitrogens is 1. The van der Waals surface area contributed by atoms with E-state index in [2.05, 4.69) is 28.9 Å². The number of aryl methyl sites for hydroxylation is 3. The van der Waals surface area contributed by atoms with Crippen molar-refractivity contribution in [3.8, 4) is 11.8 Å². The van der Waals surface area contributed by atoms with E-state index in [0.29, 0.717) is 5.69 Å². The number of carbonyl (C=O) groups excluding carboxylic acids is 1. The van der Waals surface area contributed by atoms with E-state index < -0.39 is 5.91 Å². The van der Waals surface area contributed by atoms with Crippen LogP contribution in [0.3, 0.4) is 0 Å². The Kier molecular flexibility index (Phi) is 5.47. The second kappa shape index (κ2) is 7.98. The minimum atomic E-state index is -0.405. The molecule has 4 heteroatoms. The van der Waals surface area contributed by atoms with Crippen molar-refractivity contribution in [2.75, 3.05) is 5.32 Å². The third-order valence-electron chi connectivity index (χ3n) is 4.88. The van der Waals surface area contributed by atoms with Crippen molar-refractivity contribution < 1.29 is 4.79 Å². The van der Waals surface area contributed by atoms with Crippen LogP contribution in [0.1, 0.15) is 28.1 Å². The van der Waals surface area contributed by atoms with Crippen molar-refractivity contribution in [3.05, 3.63) is 88.2 Å². The van der Waals surface area contributed by atoms with E-state index in [1.165, 1.54) is 0 Å². The molecule has 3 aromatic rings. The number of nitrogens with one attached hydrogen (secondary N) is 1. The number of carbonyl (C=O) groups is 1. The molecule has 1 heterocycles. The molecule has 28 heavy (non-hydrogen) atoms. The summed E-state index contributed by atoms with van der Waals surface area (Å²) >= 11 is 0. The molecule has 0 spiro atoms. The van der Waals surface area contributed by atoms with Crippen LogP contribution in [0.5, 0.6) is 0 Å². The molecular formula is C24H23N3O. The molecule has 1 amide bonds. The maximum Gasteiger partial charge on any atom is 0.266 e.